The number of aromatic nitrogens is 4. The largest absolute Gasteiger partial charge is 0.506 e. The third kappa shape index (κ3) is 3.01. The minimum Gasteiger partial charge on any atom is -0.506 e. The molecule has 1 aliphatic heterocycles. The lowest BCUT2D eigenvalue weighted by atomic mass is 10.2. The van der Waals surface area contributed by atoms with Gasteiger partial charge in [-0.05, 0) is 31.4 Å². The van der Waals surface area contributed by atoms with E-state index in [0.717, 1.165) is 19.3 Å². The van der Waals surface area contributed by atoms with Crippen molar-refractivity contribution in [3.05, 3.63) is 30.6 Å². The Morgan fingerprint density at radius 2 is 2.23 bits per heavy atom. The Morgan fingerprint density at radius 3 is 3.00 bits per heavy atom. The molecule has 2 aromatic heterocycles. The number of halogens is 1. The van der Waals surface area contributed by atoms with Crippen molar-refractivity contribution in [3.8, 4) is 11.5 Å². The molecule has 1 aliphatic rings. The summed E-state index contributed by atoms with van der Waals surface area (Å²) in [6, 6.07) is 4.68. The maximum absolute atomic E-state index is 14.0. The van der Waals surface area contributed by atoms with Gasteiger partial charge in [-0.25, -0.2) is 4.98 Å². The van der Waals surface area contributed by atoms with Gasteiger partial charge >= 0.3 is 6.08 Å². The van der Waals surface area contributed by atoms with Crippen molar-refractivity contribution in [2.75, 3.05) is 19.0 Å². The van der Waals surface area contributed by atoms with Gasteiger partial charge in [-0.2, -0.15) is 14.4 Å². The first-order valence-electron chi connectivity index (χ1n) is 8.31. The number of methoxy groups -OCH3 is 1. The lowest BCUT2D eigenvalue weighted by Crippen LogP contribution is -2.18. The first-order valence-corrected chi connectivity index (χ1v) is 8.31. The number of ether oxygens (including phenoxy) is 2. The molecule has 8 nitrogen and oxygen atoms in total. The zero-order valence-corrected chi connectivity index (χ0v) is 14.1. The van der Waals surface area contributed by atoms with Crippen molar-refractivity contribution in [1.82, 2.24) is 19.5 Å². The molecule has 1 fully saturated rings. The van der Waals surface area contributed by atoms with Crippen LogP contribution in [0.3, 0.4) is 0 Å². The van der Waals surface area contributed by atoms with E-state index in [0.29, 0.717) is 29.2 Å². The molecular weight excluding hydrogens is 341 g/mol. The average Bonchev–Trinajstić information content (AvgIpc) is 3.08. The molecule has 2 N–H and O–H groups in total. The fourth-order valence-electron chi connectivity index (χ4n) is 3.00. The number of imidazole rings is 1. The second-order valence-corrected chi connectivity index (χ2v) is 5.99. The van der Waals surface area contributed by atoms with Crippen LogP contribution in [0.5, 0.6) is 11.5 Å². The van der Waals surface area contributed by atoms with Crippen molar-refractivity contribution >= 4 is 22.7 Å². The molecule has 136 valence electrons. The molecule has 3 heterocycles. The number of hydrogen-bond acceptors (Lipinski definition) is 7. The second kappa shape index (κ2) is 6.75. The number of phenolic OH excluding ortho intramolecular Hbond substituents is 1. The lowest BCUT2D eigenvalue weighted by molar-refractivity contribution is -0.0298. The predicted octanol–water partition coefficient (Wildman–Crippen LogP) is 3.12. The van der Waals surface area contributed by atoms with Crippen molar-refractivity contribution in [2.24, 2.45) is 0 Å². The molecule has 3 aromatic rings. The highest BCUT2D eigenvalue weighted by molar-refractivity contribution is 5.86. The van der Waals surface area contributed by atoms with Gasteiger partial charge in [0, 0.05) is 12.7 Å². The Labute approximate surface area is 148 Å². The highest BCUT2D eigenvalue weighted by Gasteiger charge is 2.21. The molecule has 4 rings (SSSR count). The van der Waals surface area contributed by atoms with Gasteiger partial charge in [-0.3, -0.25) is 4.57 Å². The Bertz CT molecular complexity index is 940. The van der Waals surface area contributed by atoms with E-state index in [-0.39, 0.29) is 17.8 Å². The smallest absolute Gasteiger partial charge is 0.312 e. The fourth-order valence-corrected chi connectivity index (χ4v) is 3.00. The minimum atomic E-state index is -0.889. The predicted molar refractivity (Wildman–Crippen MR) is 92.1 cm³/mol. The summed E-state index contributed by atoms with van der Waals surface area (Å²) in [5, 5.41) is 13.0. The van der Waals surface area contributed by atoms with Crippen molar-refractivity contribution in [1.29, 1.82) is 0 Å². The number of rotatable bonds is 4. The van der Waals surface area contributed by atoms with E-state index in [1.807, 2.05) is 0 Å². The van der Waals surface area contributed by atoms with Crippen LogP contribution in [0.15, 0.2) is 24.5 Å². The van der Waals surface area contributed by atoms with Gasteiger partial charge < -0.3 is 19.9 Å². The molecule has 0 saturated carbocycles. The molecule has 9 heteroatoms. The van der Waals surface area contributed by atoms with Crippen molar-refractivity contribution in [3.63, 3.8) is 0 Å². The number of hydrogen-bond donors (Lipinski definition) is 2. The summed E-state index contributed by atoms with van der Waals surface area (Å²) in [6.45, 7) is 0.653. The van der Waals surface area contributed by atoms with Crippen LogP contribution in [-0.4, -0.2) is 38.3 Å². The summed E-state index contributed by atoms with van der Waals surface area (Å²) in [6.07, 6.45) is 3.32. The van der Waals surface area contributed by atoms with E-state index < -0.39 is 6.08 Å². The normalized spacial score (nSPS) is 17.4. The highest BCUT2D eigenvalue weighted by atomic mass is 19.1. The van der Waals surface area contributed by atoms with Crippen LogP contribution in [0.25, 0.3) is 11.2 Å². The molecule has 0 aliphatic carbocycles. The Balaban J connectivity index is 1.75. The van der Waals surface area contributed by atoms with E-state index in [2.05, 4.69) is 20.3 Å². The van der Waals surface area contributed by atoms with Crippen LogP contribution in [-0.2, 0) is 4.74 Å². The van der Waals surface area contributed by atoms with Crippen LogP contribution < -0.4 is 10.1 Å². The van der Waals surface area contributed by atoms with Crippen molar-refractivity contribution in [2.45, 2.75) is 25.5 Å². The van der Waals surface area contributed by atoms with Gasteiger partial charge in [0.15, 0.2) is 17.0 Å². The number of fused-ring (bicyclic) bond motifs is 1. The third-order valence-corrected chi connectivity index (χ3v) is 4.32. The Morgan fingerprint density at radius 1 is 1.35 bits per heavy atom. The first-order chi connectivity index (χ1) is 12.7. The van der Waals surface area contributed by atoms with Gasteiger partial charge in [0.1, 0.15) is 17.7 Å². The van der Waals surface area contributed by atoms with E-state index in [1.54, 1.807) is 23.0 Å². The first kappa shape index (κ1) is 16.5. The van der Waals surface area contributed by atoms with E-state index >= 15 is 0 Å². The zero-order chi connectivity index (χ0) is 18.1. The number of aromatic hydroxyl groups is 1. The van der Waals surface area contributed by atoms with Gasteiger partial charge in [0.05, 0.1) is 19.1 Å². The van der Waals surface area contributed by atoms with Crippen LogP contribution >= 0.6 is 0 Å². The Kier molecular flexibility index (Phi) is 4.29. The van der Waals surface area contributed by atoms with E-state index in [9.17, 15) is 9.50 Å². The molecule has 0 amide bonds. The molecular formula is C17H18FN5O3. The summed E-state index contributed by atoms with van der Waals surface area (Å²) in [5.74, 6) is 0.677. The van der Waals surface area contributed by atoms with Gasteiger partial charge in [-0.15, -0.1) is 0 Å². The fraction of sp³-hybridized carbons (Fsp3) is 0.353. The molecule has 1 aromatic carbocycles. The third-order valence-electron chi connectivity index (χ3n) is 4.32. The van der Waals surface area contributed by atoms with E-state index in [1.165, 1.54) is 13.2 Å². The standard InChI is InChI=1S/C17H18FN5O3/c1-25-10-5-6-12(24)11(8-10)20-15-14-16(22-17(18)21-15)23(9-19-14)13-4-2-3-7-26-13/h5-6,8-9,13,24H,2-4,7H2,1H3,(H,20,21,22). The number of anilines is 2. The van der Waals surface area contributed by atoms with Crippen LogP contribution in [0.4, 0.5) is 15.9 Å². The van der Waals surface area contributed by atoms with Gasteiger partial charge in [0.25, 0.3) is 0 Å². The number of nitrogens with zero attached hydrogens (tertiary/aromatic N) is 4. The molecule has 1 atom stereocenters. The summed E-state index contributed by atoms with van der Waals surface area (Å²) < 4.78 is 26.6. The van der Waals surface area contributed by atoms with Gasteiger partial charge in [0.2, 0.25) is 0 Å². The van der Waals surface area contributed by atoms with Crippen molar-refractivity contribution < 1.29 is 19.0 Å². The Hall–Kier alpha value is -2.94. The minimum absolute atomic E-state index is 0.0204. The molecule has 0 spiro atoms. The number of benzene rings is 1. The summed E-state index contributed by atoms with van der Waals surface area (Å²) in [4.78, 5) is 12.0. The molecule has 0 radical (unpaired) electrons. The topological polar surface area (TPSA) is 94.3 Å². The maximum Gasteiger partial charge on any atom is 0.312 e. The number of nitrogens with one attached hydrogen (secondary N) is 1. The summed E-state index contributed by atoms with van der Waals surface area (Å²) >= 11 is 0. The maximum atomic E-state index is 14.0. The molecule has 0 bridgehead atoms. The SMILES string of the molecule is COc1ccc(O)c(Nc2nc(F)nc3c2ncn3C2CCCCO2)c1. The molecule has 1 unspecified atom stereocenters. The molecule has 26 heavy (non-hydrogen) atoms. The number of phenols is 1. The monoisotopic (exact) mass is 359 g/mol. The van der Waals surface area contributed by atoms with Gasteiger partial charge in [-0.1, -0.05) is 0 Å². The summed E-state index contributed by atoms with van der Waals surface area (Å²) in [5.41, 5.74) is 1.06. The second-order valence-electron chi connectivity index (χ2n) is 5.99. The quantitative estimate of drug-likeness (QED) is 0.546. The lowest BCUT2D eigenvalue weighted by Gasteiger charge is -2.23. The van der Waals surface area contributed by atoms with Crippen LogP contribution in [0, 0.1) is 6.08 Å². The van der Waals surface area contributed by atoms with Crippen LogP contribution in [0.1, 0.15) is 25.5 Å². The zero-order valence-electron chi connectivity index (χ0n) is 14.1. The summed E-state index contributed by atoms with van der Waals surface area (Å²) in [7, 11) is 1.52. The van der Waals surface area contributed by atoms with Crippen LogP contribution in [0.2, 0.25) is 0 Å². The molecule has 1 saturated heterocycles. The average molecular weight is 359 g/mol. The van der Waals surface area contributed by atoms with E-state index in [4.69, 9.17) is 9.47 Å². The highest BCUT2D eigenvalue weighted by Crippen LogP contribution is 2.33.